The summed E-state index contributed by atoms with van der Waals surface area (Å²) < 4.78 is 16.5. The van der Waals surface area contributed by atoms with E-state index in [1.54, 1.807) is 41.6 Å². The van der Waals surface area contributed by atoms with Gasteiger partial charge in [-0.2, -0.15) is 5.26 Å². The molecule has 0 saturated carbocycles. The second-order valence-electron chi connectivity index (χ2n) is 7.05. The molecule has 1 unspecified atom stereocenters. The Morgan fingerprint density at radius 3 is 2.82 bits per heavy atom. The lowest BCUT2D eigenvalue weighted by Crippen LogP contribution is -2.24. The molecule has 2 atom stereocenters. The van der Waals surface area contributed by atoms with Crippen molar-refractivity contribution in [3.63, 3.8) is 0 Å². The van der Waals surface area contributed by atoms with E-state index in [4.69, 9.17) is 5.26 Å². The topological polar surface area (TPSA) is 74.7 Å². The van der Waals surface area contributed by atoms with Crippen molar-refractivity contribution in [3.8, 4) is 6.07 Å². The van der Waals surface area contributed by atoms with E-state index in [9.17, 15) is 9.50 Å². The molecule has 0 aliphatic carbocycles. The summed E-state index contributed by atoms with van der Waals surface area (Å²) in [5, 5.41) is 22.6. The molecule has 0 radical (unpaired) electrons. The van der Waals surface area contributed by atoms with Crippen LogP contribution < -0.4 is 0 Å². The van der Waals surface area contributed by atoms with Gasteiger partial charge in [-0.15, -0.1) is 0 Å². The number of nitriles is 1. The molecule has 1 aliphatic heterocycles. The number of benzene rings is 2. The molecule has 3 heterocycles. The van der Waals surface area contributed by atoms with Crippen molar-refractivity contribution in [1.29, 1.82) is 5.26 Å². The summed E-state index contributed by atoms with van der Waals surface area (Å²) in [4.78, 5) is 8.30. The van der Waals surface area contributed by atoms with Crippen molar-refractivity contribution in [1.82, 2.24) is 14.5 Å². The van der Waals surface area contributed by atoms with Crippen LogP contribution in [0, 0.1) is 17.1 Å². The van der Waals surface area contributed by atoms with E-state index < -0.39 is 17.5 Å². The van der Waals surface area contributed by atoms with Gasteiger partial charge in [0.1, 0.15) is 11.4 Å². The van der Waals surface area contributed by atoms with Crippen LogP contribution in [0.15, 0.2) is 67.4 Å². The van der Waals surface area contributed by atoms with E-state index in [2.05, 4.69) is 9.97 Å². The molecule has 0 bridgehead atoms. The first-order valence-electron chi connectivity index (χ1n) is 8.88. The average Bonchev–Trinajstić information content (AvgIpc) is 3.31. The zero-order chi connectivity index (χ0) is 19.3. The van der Waals surface area contributed by atoms with E-state index in [1.807, 2.05) is 30.3 Å². The Balaban J connectivity index is 1.63. The predicted molar refractivity (Wildman–Crippen MR) is 101 cm³/mol. The summed E-state index contributed by atoms with van der Waals surface area (Å²) in [6, 6.07) is 13.6. The second-order valence-corrected chi connectivity index (χ2v) is 7.05. The Hall–Kier alpha value is -3.56. The van der Waals surface area contributed by atoms with Crippen molar-refractivity contribution in [2.24, 2.45) is 0 Å². The maximum absolute atomic E-state index is 14.7. The molecule has 1 N–H and O–H groups in total. The molecular formula is C22H15FN4O. The van der Waals surface area contributed by atoms with Crippen LogP contribution in [0.5, 0.6) is 0 Å². The van der Waals surface area contributed by atoms with E-state index in [-0.39, 0.29) is 12.0 Å². The summed E-state index contributed by atoms with van der Waals surface area (Å²) in [7, 11) is 0. The smallest absolute Gasteiger partial charge is 0.133 e. The monoisotopic (exact) mass is 370 g/mol. The molecule has 0 amide bonds. The van der Waals surface area contributed by atoms with Gasteiger partial charge in [-0.1, -0.05) is 18.2 Å². The first-order valence-corrected chi connectivity index (χ1v) is 8.88. The van der Waals surface area contributed by atoms with E-state index in [0.29, 0.717) is 11.3 Å². The molecule has 6 heteroatoms. The highest BCUT2D eigenvalue weighted by Gasteiger charge is 2.45. The van der Waals surface area contributed by atoms with Crippen molar-refractivity contribution < 1.29 is 9.50 Å². The third kappa shape index (κ3) is 2.34. The Morgan fingerprint density at radius 2 is 2.00 bits per heavy atom. The number of imidazole rings is 1. The fraction of sp³-hybridized carbons (Fsp3) is 0.136. The molecule has 2 aromatic carbocycles. The number of aromatic nitrogens is 3. The summed E-state index contributed by atoms with van der Waals surface area (Å²) in [5.74, 6) is -0.461. The summed E-state index contributed by atoms with van der Waals surface area (Å²) in [6.45, 7) is 0. The molecule has 5 nitrogen and oxygen atoms in total. The molecule has 0 saturated heterocycles. The van der Waals surface area contributed by atoms with Gasteiger partial charge in [-0.3, -0.25) is 4.98 Å². The highest BCUT2D eigenvalue weighted by molar-refractivity contribution is 5.82. The lowest BCUT2D eigenvalue weighted by Gasteiger charge is -2.23. The molecule has 4 aromatic rings. The van der Waals surface area contributed by atoms with Crippen molar-refractivity contribution in [3.05, 3.63) is 95.6 Å². The Morgan fingerprint density at radius 1 is 1.11 bits per heavy atom. The quantitative estimate of drug-likeness (QED) is 0.584. The SMILES string of the molecule is N#Cc1ccc([C@H]2CC(O)(c3ccc4cnccc4c3)c3cncn32)c(F)c1. The number of halogens is 1. The standard InChI is InChI=1S/C22H15FN4O/c23-19-7-14(10-24)1-4-18(19)20-9-22(28,21-12-26-13-27(20)21)17-3-2-16-11-25-6-5-15(16)8-17/h1-8,11-13,20,28H,9H2/t20-,22?/m1/s1. The second kappa shape index (κ2) is 5.98. The number of hydrogen-bond donors (Lipinski definition) is 1. The number of rotatable bonds is 2. The first kappa shape index (κ1) is 16.6. The van der Waals surface area contributed by atoms with Gasteiger partial charge in [0, 0.05) is 29.8 Å². The third-order valence-electron chi connectivity index (χ3n) is 5.52. The van der Waals surface area contributed by atoms with Gasteiger partial charge >= 0.3 is 0 Å². The lowest BCUT2D eigenvalue weighted by atomic mass is 9.85. The Kier molecular flexibility index (Phi) is 3.54. The Labute approximate surface area is 160 Å². The number of fused-ring (bicyclic) bond motifs is 2. The Bertz CT molecular complexity index is 1260. The minimum absolute atomic E-state index is 0.267. The summed E-state index contributed by atoms with van der Waals surface area (Å²) in [5.41, 5.74) is 0.751. The van der Waals surface area contributed by atoms with Gasteiger partial charge in [-0.25, -0.2) is 9.37 Å². The van der Waals surface area contributed by atoms with Crippen LogP contribution in [0.25, 0.3) is 10.8 Å². The van der Waals surface area contributed by atoms with E-state index in [1.165, 1.54) is 6.07 Å². The molecule has 5 rings (SSSR count). The average molecular weight is 370 g/mol. The molecule has 136 valence electrons. The van der Waals surface area contributed by atoms with Crippen LogP contribution in [-0.2, 0) is 5.60 Å². The third-order valence-corrected chi connectivity index (χ3v) is 5.52. The van der Waals surface area contributed by atoms with Crippen LogP contribution in [0.2, 0.25) is 0 Å². The van der Waals surface area contributed by atoms with Gasteiger partial charge in [0.15, 0.2) is 0 Å². The molecule has 28 heavy (non-hydrogen) atoms. The fourth-order valence-corrected chi connectivity index (χ4v) is 4.09. The maximum atomic E-state index is 14.7. The van der Waals surface area contributed by atoms with E-state index >= 15 is 0 Å². The van der Waals surface area contributed by atoms with Crippen LogP contribution in [0.3, 0.4) is 0 Å². The van der Waals surface area contributed by atoms with Crippen LogP contribution in [0.1, 0.15) is 34.8 Å². The number of hydrogen-bond acceptors (Lipinski definition) is 4. The first-order chi connectivity index (χ1) is 13.6. The normalized spacial score (nSPS) is 20.8. The van der Waals surface area contributed by atoms with Gasteiger partial charge in [0.25, 0.3) is 0 Å². The summed E-state index contributed by atoms with van der Waals surface area (Å²) in [6.07, 6.45) is 7.00. The maximum Gasteiger partial charge on any atom is 0.133 e. The van der Waals surface area contributed by atoms with Crippen molar-refractivity contribution in [2.45, 2.75) is 18.1 Å². The molecule has 1 aliphatic rings. The molecule has 0 spiro atoms. The van der Waals surface area contributed by atoms with Gasteiger partial charge in [0.05, 0.1) is 35.9 Å². The zero-order valence-corrected chi connectivity index (χ0v) is 14.7. The molecule has 2 aromatic heterocycles. The molecular weight excluding hydrogens is 355 g/mol. The minimum Gasteiger partial charge on any atom is -0.379 e. The van der Waals surface area contributed by atoms with Crippen LogP contribution in [-0.4, -0.2) is 19.6 Å². The fourth-order valence-electron chi connectivity index (χ4n) is 4.09. The van der Waals surface area contributed by atoms with Gasteiger partial charge < -0.3 is 9.67 Å². The largest absolute Gasteiger partial charge is 0.379 e. The lowest BCUT2D eigenvalue weighted by molar-refractivity contribution is 0.0794. The number of pyridine rings is 1. The summed E-state index contributed by atoms with van der Waals surface area (Å²) >= 11 is 0. The van der Waals surface area contributed by atoms with Crippen molar-refractivity contribution >= 4 is 10.8 Å². The predicted octanol–water partition coefficient (Wildman–Crippen LogP) is 3.67. The van der Waals surface area contributed by atoms with E-state index in [0.717, 1.165) is 16.3 Å². The minimum atomic E-state index is -1.29. The molecule has 0 fully saturated rings. The van der Waals surface area contributed by atoms with Crippen molar-refractivity contribution in [2.75, 3.05) is 0 Å². The van der Waals surface area contributed by atoms with Gasteiger partial charge in [-0.05, 0) is 35.2 Å². The number of aliphatic hydroxyl groups is 1. The highest BCUT2D eigenvalue weighted by Crippen LogP contribution is 2.47. The van der Waals surface area contributed by atoms with Crippen LogP contribution in [0.4, 0.5) is 4.39 Å². The van der Waals surface area contributed by atoms with Crippen LogP contribution >= 0.6 is 0 Å². The van der Waals surface area contributed by atoms with Gasteiger partial charge in [0.2, 0.25) is 0 Å². The highest BCUT2D eigenvalue weighted by atomic mass is 19.1. The zero-order valence-electron chi connectivity index (χ0n) is 14.7. The number of nitrogens with zero attached hydrogens (tertiary/aromatic N) is 4.